The molecule has 8 heteroatoms. The first-order chi connectivity index (χ1) is 11.4. The monoisotopic (exact) mass is 352 g/mol. The van der Waals surface area contributed by atoms with Crippen LogP contribution in [0.2, 0.25) is 0 Å². The second-order valence-corrected chi connectivity index (χ2v) is 6.47. The highest BCUT2D eigenvalue weighted by atomic mass is 32.2. The molecule has 7 nitrogen and oxygen atoms in total. The van der Waals surface area contributed by atoms with Crippen LogP contribution in [0.1, 0.15) is 11.1 Å². The minimum absolute atomic E-state index is 0.270. The summed E-state index contributed by atoms with van der Waals surface area (Å²) in [4.78, 5) is 37.9. The largest absolute Gasteiger partial charge is 0.467 e. The highest BCUT2D eigenvalue weighted by Crippen LogP contribution is 2.32. The lowest BCUT2D eigenvalue weighted by Gasteiger charge is -2.27. The van der Waals surface area contributed by atoms with Crippen LogP contribution in [0.4, 0.5) is 10.5 Å². The molecule has 1 saturated heterocycles. The van der Waals surface area contributed by atoms with Crippen molar-refractivity contribution in [1.29, 1.82) is 0 Å². The number of para-hydroxylation sites is 1. The van der Waals surface area contributed by atoms with Gasteiger partial charge in [0.15, 0.2) is 5.37 Å². The van der Waals surface area contributed by atoms with Crippen molar-refractivity contribution < 1.29 is 23.9 Å². The number of amides is 2. The van der Waals surface area contributed by atoms with E-state index in [1.54, 1.807) is 0 Å². The number of urea groups is 1. The quantitative estimate of drug-likeness (QED) is 0.837. The molecule has 1 aliphatic heterocycles. The molecule has 2 amide bonds. The topological polar surface area (TPSA) is 84.9 Å². The minimum atomic E-state index is -0.886. The second kappa shape index (κ2) is 7.57. The van der Waals surface area contributed by atoms with Crippen LogP contribution >= 0.6 is 11.8 Å². The molecule has 0 radical (unpaired) electrons. The summed E-state index contributed by atoms with van der Waals surface area (Å²) >= 11 is 1.17. The Balaban J connectivity index is 2.30. The number of aryl methyl sites for hydroxylation is 2. The predicted octanol–water partition coefficient (Wildman–Crippen LogP) is 1.92. The van der Waals surface area contributed by atoms with Gasteiger partial charge in [-0.2, -0.15) is 0 Å². The first-order valence-electron chi connectivity index (χ1n) is 7.33. The molecule has 1 aromatic carbocycles. The summed E-state index contributed by atoms with van der Waals surface area (Å²) in [5.41, 5.74) is 2.44. The molecule has 0 aliphatic carbocycles. The number of nitrogens with zero attached hydrogens (tertiary/aromatic N) is 1. The lowest BCUT2D eigenvalue weighted by atomic mass is 10.1. The molecule has 2 rings (SSSR count). The van der Waals surface area contributed by atoms with E-state index in [9.17, 15) is 14.4 Å². The molecule has 0 saturated carbocycles. The van der Waals surface area contributed by atoms with E-state index in [2.05, 4.69) is 5.32 Å². The van der Waals surface area contributed by atoms with E-state index >= 15 is 0 Å². The average Bonchev–Trinajstić information content (AvgIpc) is 3.01. The third-order valence-corrected chi connectivity index (χ3v) is 5.07. The fraction of sp³-hybridized carbons (Fsp3) is 0.438. The number of nitrogens with one attached hydrogen (secondary N) is 1. The van der Waals surface area contributed by atoms with Crippen molar-refractivity contribution in [3.63, 3.8) is 0 Å². The standard InChI is InChI=1S/C16H20N2O5S/c1-9-6-5-7-10(2)12(9)17-16(21)18-11(14(19)22-3)8-24-13(18)15(20)23-4/h5-7,11,13H,8H2,1-4H3,(H,17,21)/t11-,13+/m1/s1. The third kappa shape index (κ3) is 3.48. The lowest BCUT2D eigenvalue weighted by molar-refractivity contribution is -0.147. The van der Waals surface area contributed by atoms with E-state index < -0.39 is 29.4 Å². The molecule has 1 aliphatic rings. The smallest absolute Gasteiger partial charge is 0.339 e. The summed E-state index contributed by atoms with van der Waals surface area (Å²) < 4.78 is 9.49. The number of methoxy groups -OCH3 is 2. The van der Waals surface area contributed by atoms with Gasteiger partial charge in [-0.15, -0.1) is 11.8 Å². The SMILES string of the molecule is COC(=O)[C@H]1CS[C@@H](C(=O)OC)N1C(=O)Nc1c(C)cccc1C. The maximum atomic E-state index is 12.8. The molecular weight excluding hydrogens is 332 g/mol. The van der Waals surface area contributed by atoms with Crippen molar-refractivity contribution in [3.8, 4) is 0 Å². The van der Waals surface area contributed by atoms with Gasteiger partial charge in [-0.05, 0) is 25.0 Å². The average molecular weight is 352 g/mol. The number of hydrogen-bond donors (Lipinski definition) is 1. The van der Waals surface area contributed by atoms with Gasteiger partial charge in [0.2, 0.25) is 0 Å². The van der Waals surface area contributed by atoms with Crippen LogP contribution in [0.25, 0.3) is 0 Å². The van der Waals surface area contributed by atoms with Crippen LogP contribution in [0, 0.1) is 13.8 Å². The van der Waals surface area contributed by atoms with Crippen molar-refractivity contribution in [3.05, 3.63) is 29.3 Å². The number of hydrogen-bond acceptors (Lipinski definition) is 6. The summed E-state index contributed by atoms with van der Waals surface area (Å²) in [6.45, 7) is 3.74. The Morgan fingerprint density at radius 2 is 1.71 bits per heavy atom. The fourth-order valence-electron chi connectivity index (χ4n) is 2.54. The molecule has 1 aromatic rings. The zero-order valence-corrected chi connectivity index (χ0v) is 14.8. The van der Waals surface area contributed by atoms with Crippen LogP contribution < -0.4 is 5.32 Å². The lowest BCUT2D eigenvalue weighted by Crippen LogP contribution is -2.50. The van der Waals surface area contributed by atoms with Crippen LogP contribution in [0.3, 0.4) is 0 Å². The molecular formula is C16H20N2O5S. The Morgan fingerprint density at radius 3 is 2.25 bits per heavy atom. The third-order valence-electron chi connectivity index (χ3n) is 3.82. The van der Waals surface area contributed by atoms with Crippen molar-refractivity contribution >= 4 is 35.4 Å². The second-order valence-electron chi connectivity index (χ2n) is 5.35. The Labute approximate surface area is 144 Å². The van der Waals surface area contributed by atoms with E-state index in [1.807, 2.05) is 32.0 Å². The van der Waals surface area contributed by atoms with Crippen LogP contribution in [0.5, 0.6) is 0 Å². The van der Waals surface area contributed by atoms with Gasteiger partial charge < -0.3 is 14.8 Å². The Morgan fingerprint density at radius 1 is 1.12 bits per heavy atom. The van der Waals surface area contributed by atoms with Gasteiger partial charge in [-0.3, -0.25) is 4.90 Å². The number of carbonyl (C=O) groups is 3. The summed E-state index contributed by atoms with van der Waals surface area (Å²) in [6.07, 6.45) is 0. The predicted molar refractivity (Wildman–Crippen MR) is 90.8 cm³/mol. The maximum Gasteiger partial charge on any atom is 0.339 e. The van der Waals surface area contributed by atoms with E-state index in [1.165, 1.54) is 30.9 Å². The number of anilines is 1. The molecule has 130 valence electrons. The molecule has 24 heavy (non-hydrogen) atoms. The molecule has 0 bridgehead atoms. The van der Waals surface area contributed by atoms with Crippen LogP contribution in [0.15, 0.2) is 18.2 Å². The van der Waals surface area contributed by atoms with E-state index in [0.29, 0.717) is 5.69 Å². The Bertz CT molecular complexity index is 620. The molecule has 1 fully saturated rings. The molecule has 0 aromatic heterocycles. The van der Waals surface area contributed by atoms with Crippen LogP contribution in [-0.2, 0) is 19.1 Å². The van der Waals surface area contributed by atoms with Gasteiger partial charge in [-0.25, -0.2) is 14.4 Å². The van der Waals surface area contributed by atoms with Gasteiger partial charge in [0, 0.05) is 11.4 Å². The minimum Gasteiger partial charge on any atom is -0.467 e. The summed E-state index contributed by atoms with van der Waals surface area (Å²) in [7, 11) is 2.50. The van der Waals surface area contributed by atoms with E-state index in [-0.39, 0.29) is 5.75 Å². The van der Waals surface area contributed by atoms with Gasteiger partial charge in [0.1, 0.15) is 6.04 Å². The van der Waals surface area contributed by atoms with Crippen molar-refractivity contribution in [1.82, 2.24) is 4.90 Å². The van der Waals surface area contributed by atoms with Gasteiger partial charge in [-0.1, -0.05) is 18.2 Å². The Hall–Kier alpha value is -2.22. The molecule has 0 spiro atoms. The maximum absolute atomic E-state index is 12.8. The Kier molecular flexibility index (Phi) is 5.71. The highest BCUT2D eigenvalue weighted by molar-refractivity contribution is 8.00. The van der Waals surface area contributed by atoms with Gasteiger partial charge >= 0.3 is 18.0 Å². The highest BCUT2D eigenvalue weighted by Gasteiger charge is 2.46. The molecule has 2 atom stereocenters. The number of benzene rings is 1. The molecule has 1 N–H and O–H groups in total. The van der Waals surface area contributed by atoms with Crippen LogP contribution in [-0.4, -0.2) is 54.3 Å². The molecule has 1 heterocycles. The zero-order chi connectivity index (χ0) is 17.9. The number of rotatable bonds is 3. The number of esters is 2. The van der Waals surface area contributed by atoms with Gasteiger partial charge in [0.05, 0.1) is 14.2 Å². The normalized spacial score (nSPS) is 19.8. The van der Waals surface area contributed by atoms with Crippen molar-refractivity contribution in [2.75, 3.05) is 25.3 Å². The van der Waals surface area contributed by atoms with E-state index in [0.717, 1.165) is 11.1 Å². The summed E-state index contributed by atoms with van der Waals surface area (Å²) in [6, 6.07) is 4.26. The van der Waals surface area contributed by atoms with Crippen molar-refractivity contribution in [2.24, 2.45) is 0 Å². The summed E-state index contributed by atoms with van der Waals surface area (Å²) in [5, 5.41) is 1.91. The first kappa shape index (κ1) is 18.1. The first-order valence-corrected chi connectivity index (χ1v) is 8.38. The molecule has 0 unspecified atom stereocenters. The fourth-order valence-corrected chi connectivity index (χ4v) is 3.83. The van der Waals surface area contributed by atoms with E-state index in [4.69, 9.17) is 9.47 Å². The number of carbonyl (C=O) groups excluding carboxylic acids is 3. The van der Waals surface area contributed by atoms with Gasteiger partial charge in [0.25, 0.3) is 0 Å². The number of thioether (sulfide) groups is 1. The number of ether oxygens (including phenoxy) is 2. The zero-order valence-electron chi connectivity index (χ0n) is 14.0. The summed E-state index contributed by atoms with van der Waals surface area (Å²) in [5.74, 6) is -0.874. The van der Waals surface area contributed by atoms with Crippen molar-refractivity contribution in [2.45, 2.75) is 25.3 Å².